The summed E-state index contributed by atoms with van der Waals surface area (Å²) >= 11 is 0. The minimum Gasteiger partial charge on any atom is -0.478 e. The van der Waals surface area contributed by atoms with Crippen molar-refractivity contribution in [1.29, 1.82) is 0 Å². The first-order valence-electron chi connectivity index (χ1n) is 5.64. The van der Waals surface area contributed by atoms with Crippen LogP contribution in [0.25, 0.3) is 0 Å². The van der Waals surface area contributed by atoms with E-state index in [2.05, 4.69) is 0 Å². The highest BCUT2D eigenvalue weighted by molar-refractivity contribution is 7.91. The van der Waals surface area contributed by atoms with E-state index in [0.29, 0.717) is 6.42 Å². The molecule has 0 saturated heterocycles. The van der Waals surface area contributed by atoms with Crippen LogP contribution in [0.1, 0.15) is 36.5 Å². The van der Waals surface area contributed by atoms with E-state index in [9.17, 15) is 17.6 Å². The summed E-state index contributed by atoms with van der Waals surface area (Å²) in [5, 5.41) is 8.76. The Balaban J connectivity index is 3.07. The largest absolute Gasteiger partial charge is 0.478 e. The lowest BCUT2D eigenvalue weighted by atomic mass is 10.2. The molecule has 0 aromatic heterocycles. The molecule has 0 unspecified atom stereocenters. The normalized spacial score (nSPS) is 11.4. The van der Waals surface area contributed by atoms with E-state index in [1.165, 1.54) is 0 Å². The molecule has 0 saturated carbocycles. The molecule has 18 heavy (non-hydrogen) atoms. The zero-order chi connectivity index (χ0) is 13.8. The van der Waals surface area contributed by atoms with E-state index in [1.807, 2.05) is 6.92 Å². The first kappa shape index (κ1) is 14.6. The van der Waals surface area contributed by atoms with Crippen molar-refractivity contribution in [3.63, 3.8) is 0 Å². The number of aromatic carboxylic acids is 1. The van der Waals surface area contributed by atoms with Gasteiger partial charge in [-0.3, -0.25) is 0 Å². The number of carbonyl (C=O) groups is 1. The number of rotatable bonds is 6. The molecule has 1 aromatic rings. The molecule has 1 N–H and O–H groups in total. The van der Waals surface area contributed by atoms with Crippen molar-refractivity contribution in [1.82, 2.24) is 0 Å². The highest BCUT2D eigenvalue weighted by atomic mass is 32.2. The highest BCUT2D eigenvalue weighted by Crippen LogP contribution is 2.19. The smallest absolute Gasteiger partial charge is 0.335 e. The molecule has 4 nitrogen and oxygen atoms in total. The molecule has 0 aliphatic rings. The van der Waals surface area contributed by atoms with Crippen LogP contribution in [-0.2, 0) is 9.84 Å². The molecule has 6 heteroatoms. The Bertz CT molecular complexity index is 537. The fourth-order valence-electron chi connectivity index (χ4n) is 1.53. The van der Waals surface area contributed by atoms with Crippen LogP contribution < -0.4 is 0 Å². The molecule has 1 aromatic carbocycles. The standard InChI is InChI=1S/C12H15FO4S/c1-2-3-4-7-18(16,17)11-8-9(12(14)15)5-6-10(11)13/h5-6,8H,2-4,7H2,1H3,(H,14,15). The quantitative estimate of drug-likeness (QED) is 0.809. The molecule has 0 fully saturated rings. The molecular weight excluding hydrogens is 259 g/mol. The predicted molar refractivity (Wildman–Crippen MR) is 64.9 cm³/mol. The fraction of sp³-hybridized carbons (Fsp3) is 0.417. The van der Waals surface area contributed by atoms with Gasteiger partial charge in [0.05, 0.1) is 11.3 Å². The van der Waals surface area contributed by atoms with Crippen LogP contribution in [0.5, 0.6) is 0 Å². The monoisotopic (exact) mass is 274 g/mol. The lowest BCUT2D eigenvalue weighted by Gasteiger charge is -2.06. The molecule has 0 amide bonds. The Labute approximate surface area is 105 Å². The second-order valence-corrected chi connectivity index (χ2v) is 6.05. The zero-order valence-corrected chi connectivity index (χ0v) is 10.8. The Morgan fingerprint density at radius 1 is 1.33 bits per heavy atom. The van der Waals surface area contributed by atoms with E-state index in [1.54, 1.807) is 0 Å². The van der Waals surface area contributed by atoms with Crippen molar-refractivity contribution in [2.75, 3.05) is 5.75 Å². The number of carboxylic acids is 1. The average molecular weight is 274 g/mol. The number of hydrogen-bond acceptors (Lipinski definition) is 3. The molecule has 1 rings (SSSR count). The summed E-state index contributed by atoms with van der Waals surface area (Å²) in [4.78, 5) is 10.2. The van der Waals surface area contributed by atoms with Crippen molar-refractivity contribution in [3.8, 4) is 0 Å². The first-order chi connectivity index (χ1) is 8.38. The van der Waals surface area contributed by atoms with Crippen molar-refractivity contribution in [2.24, 2.45) is 0 Å². The third kappa shape index (κ3) is 3.53. The summed E-state index contributed by atoms with van der Waals surface area (Å²) in [6.07, 6.45) is 2.03. The van der Waals surface area contributed by atoms with E-state index in [4.69, 9.17) is 5.11 Å². The third-order valence-corrected chi connectivity index (χ3v) is 4.34. The van der Waals surface area contributed by atoms with E-state index >= 15 is 0 Å². The maximum Gasteiger partial charge on any atom is 0.335 e. The minimum absolute atomic E-state index is 0.166. The molecule has 0 radical (unpaired) electrons. The van der Waals surface area contributed by atoms with E-state index < -0.39 is 26.5 Å². The molecule has 0 bridgehead atoms. The molecule has 0 atom stereocenters. The van der Waals surface area contributed by atoms with Crippen molar-refractivity contribution >= 4 is 15.8 Å². The van der Waals surface area contributed by atoms with Crippen molar-refractivity contribution in [3.05, 3.63) is 29.6 Å². The van der Waals surface area contributed by atoms with Gasteiger partial charge >= 0.3 is 5.97 Å². The van der Waals surface area contributed by atoms with Gasteiger partial charge < -0.3 is 5.11 Å². The fourth-order valence-corrected chi connectivity index (χ4v) is 3.00. The van der Waals surface area contributed by atoms with Gasteiger partial charge in [0.1, 0.15) is 10.7 Å². The summed E-state index contributed by atoms with van der Waals surface area (Å²) < 4.78 is 37.2. The molecule has 0 aliphatic carbocycles. The van der Waals surface area contributed by atoms with Crippen LogP contribution in [-0.4, -0.2) is 25.2 Å². The number of halogens is 1. The van der Waals surface area contributed by atoms with Gasteiger partial charge in [-0.1, -0.05) is 19.8 Å². The van der Waals surface area contributed by atoms with Crippen LogP contribution >= 0.6 is 0 Å². The van der Waals surface area contributed by atoms with Gasteiger partial charge in [0.15, 0.2) is 9.84 Å². The maximum absolute atomic E-state index is 13.5. The molecular formula is C12H15FO4S. The Morgan fingerprint density at radius 2 is 2.00 bits per heavy atom. The minimum atomic E-state index is -3.76. The molecule has 0 spiro atoms. The number of hydrogen-bond donors (Lipinski definition) is 1. The summed E-state index contributed by atoms with van der Waals surface area (Å²) in [5.74, 6) is -2.35. The van der Waals surface area contributed by atoms with Gasteiger partial charge in [0.2, 0.25) is 0 Å². The maximum atomic E-state index is 13.5. The Morgan fingerprint density at radius 3 is 2.56 bits per heavy atom. The summed E-state index contributed by atoms with van der Waals surface area (Å²) in [6.45, 7) is 1.93. The van der Waals surface area contributed by atoms with E-state index in [0.717, 1.165) is 31.0 Å². The van der Waals surface area contributed by atoms with Crippen LogP contribution in [0.2, 0.25) is 0 Å². The van der Waals surface area contributed by atoms with Gasteiger partial charge in [0, 0.05) is 0 Å². The van der Waals surface area contributed by atoms with Crippen LogP contribution in [0.4, 0.5) is 4.39 Å². The van der Waals surface area contributed by atoms with E-state index in [-0.39, 0.29) is 11.3 Å². The Kier molecular flexibility index (Phi) is 4.84. The van der Waals surface area contributed by atoms with Crippen molar-refractivity contribution in [2.45, 2.75) is 31.1 Å². The lowest BCUT2D eigenvalue weighted by Crippen LogP contribution is -2.10. The second-order valence-electron chi connectivity index (χ2n) is 3.98. The molecule has 100 valence electrons. The summed E-state index contributed by atoms with van der Waals surface area (Å²) in [6, 6.07) is 2.79. The van der Waals surface area contributed by atoms with Gasteiger partial charge in [0.25, 0.3) is 0 Å². The van der Waals surface area contributed by atoms with Gasteiger partial charge in [-0.15, -0.1) is 0 Å². The highest BCUT2D eigenvalue weighted by Gasteiger charge is 2.20. The van der Waals surface area contributed by atoms with Crippen molar-refractivity contribution < 1.29 is 22.7 Å². The summed E-state index contributed by atoms with van der Waals surface area (Å²) in [7, 11) is -3.76. The topological polar surface area (TPSA) is 71.4 Å². The van der Waals surface area contributed by atoms with Crippen LogP contribution in [0.3, 0.4) is 0 Å². The number of sulfone groups is 1. The van der Waals surface area contributed by atoms with Crippen LogP contribution in [0, 0.1) is 5.82 Å². The molecule has 0 heterocycles. The molecule has 0 aliphatic heterocycles. The van der Waals surface area contributed by atoms with Gasteiger partial charge in [-0.25, -0.2) is 17.6 Å². The average Bonchev–Trinajstić information content (AvgIpc) is 2.29. The SMILES string of the molecule is CCCCCS(=O)(=O)c1cc(C(=O)O)ccc1F. The lowest BCUT2D eigenvalue weighted by molar-refractivity contribution is 0.0696. The first-order valence-corrected chi connectivity index (χ1v) is 7.29. The number of unbranched alkanes of at least 4 members (excludes halogenated alkanes) is 2. The Hall–Kier alpha value is -1.43. The van der Waals surface area contributed by atoms with Gasteiger partial charge in [-0.2, -0.15) is 0 Å². The zero-order valence-electron chi connectivity index (χ0n) is 10.0. The predicted octanol–water partition coefficient (Wildman–Crippen LogP) is 2.49. The second kappa shape index (κ2) is 5.95. The van der Waals surface area contributed by atoms with Crippen LogP contribution in [0.15, 0.2) is 23.1 Å². The van der Waals surface area contributed by atoms with Gasteiger partial charge in [-0.05, 0) is 24.6 Å². The summed E-state index contributed by atoms with van der Waals surface area (Å²) in [5.41, 5.74) is -0.231. The third-order valence-electron chi connectivity index (χ3n) is 2.53. The number of benzene rings is 1. The number of carboxylic acid groups (broad SMARTS) is 1.